The molecule has 0 saturated heterocycles. The van der Waals surface area contributed by atoms with E-state index < -0.39 is 11.2 Å². The van der Waals surface area contributed by atoms with Gasteiger partial charge in [-0.3, -0.25) is 0 Å². The van der Waals surface area contributed by atoms with Crippen LogP contribution in [0.15, 0.2) is 0 Å². The van der Waals surface area contributed by atoms with E-state index in [4.69, 9.17) is 9.47 Å². The molecule has 0 aliphatic carbocycles. The summed E-state index contributed by atoms with van der Waals surface area (Å²) in [4.78, 5) is 24.1. The van der Waals surface area contributed by atoms with E-state index >= 15 is 0 Å². The monoisotopic (exact) mass is 452 g/mol. The molecule has 0 unspecified atom stereocenters. The number of nitrogens with one attached hydrogen (secondary N) is 2. The Balaban J connectivity index is 4.60. The molecular weight excluding hydrogens is 411 g/mol. The van der Waals surface area contributed by atoms with Crippen molar-refractivity contribution in [3.05, 3.63) is 0 Å². The van der Waals surface area contributed by atoms with E-state index in [0.717, 1.165) is 10.6 Å². The molecule has 0 saturated carbocycles. The number of rotatable bonds is 8. The molecule has 0 radical (unpaired) electrons. The fraction of sp³-hybridized carbons (Fsp3) is 0.900. The van der Waals surface area contributed by atoms with Gasteiger partial charge in [-0.05, 0) is 0 Å². The summed E-state index contributed by atoms with van der Waals surface area (Å²) in [7, 11) is 0. The molecule has 2 N–H and O–H groups in total. The van der Waals surface area contributed by atoms with E-state index in [1.165, 1.54) is 0 Å². The van der Waals surface area contributed by atoms with Crippen LogP contribution in [0.5, 0.6) is 0 Å². The van der Waals surface area contributed by atoms with E-state index in [0.29, 0.717) is 11.8 Å². The summed E-state index contributed by atoms with van der Waals surface area (Å²) in [5.41, 5.74) is -1.01. The molecule has 0 aromatic heterocycles. The molecule has 0 aliphatic rings. The van der Waals surface area contributed by atoms with Gasteiger partial charge in [-0.15, -0.1) is 0 Å². The maximum absolute atomic E-state index is 12.1. The fourth-order valence-electron chi connectivity index (χ4n) is 2.04. The Hall–Kier alpha value is -0.941. The Morgan fingerprint density at radius 1 is 0.741 bits per heavy atom. The predicted octanol–water partition coefficient (Wildman–Crippen LogP) is 4.63. The molecule has 0 aromatic carbocycles. The Labute approximate surface area is 172 Å². The van der Waals surface area contributed by atoms with Crippen molar-refractivity contribution in [1.82, 2.24) is 10.6 Å². The van der Waals surface area contributed by atoms with Crippen molar-refractivity contribution in [3.63, 3.8) is 0 Å². The van der Waals surface area contributed by atoms with Crippen LogP contribution in [-0.4, -0.2) is 50.4 Å². The van der Waals surface area contributed by atoms with Crippen molar-refractivity contribution >= 4 is 27.1 Å². The van der Waals surface area contributed by atoms with Crippen LogP contribution >= 0.6 is 0 Å². The molecule has 0 spiro atoms. The fourth-order valence-corrected chi connectivity index (χ4v) is 5.36. The topological polar surface area (TPSA) is 76.7 Å². The summed E-state index contributed by atoms with van der Waals surface area (Å²) in [5, 5.41) is 7.76. The molecule has 0 aromatic rings. The van der Waals surface area contributed by atoms with Gasteiger partial charge in [0.15, 0.2) is 0 Å². The van der Waals surface area contributed by atoms with Gasteiger partial charge >= 0.3 is 172 Å². The van der Waals surface area contributed by atoms with E-state index in [1.807, 2.05) is 41.5 Å². The van der Waals surface area contributed by atoms with Gasteiger partial charge in [0.1, 0.15) is 0 Å². The molecule has 0 rings (SSSR count). The first-order valence-electron chi connectivity index (χ1n) is 9.67. The molecule has 2 atom stereocenters. The van der Waals surface area contributed by atoms with Crippen molar-refractivity contribution in [1.29, 1.82) is 0 Å². The van der Waals surface area contributed by atoms with Crippen LogP contribution in [0.2, 0.25) is 10.6 Å². The second-order valence-electron chi connectivity index (χ2n) is 9.53. The molecule has 0 heterocycles. The van der Waals surface area contributed by atoms with Gasteiger partial charge in [0.25, 0.3) is 0 Å². The number of ether oxygens (including phenoxy) is 2. The van der Waals surface area contributed by atoms with Crippen molar-refractivity contribution in [2.75, 3.05) is 0 Å². The molecule has 160 valence electrons. The number of hydrogen-bond donors (Lipinski definition) is 2. The van der Waals surface area contributed by atoms with Gasteiger partial charge in [-0.2, -0.15) is 0 Å². The first kappa shape index (κ1) is 26.1. The second kappa shape index (κ2) is 11.2. The van der Waals surface area contributed by atoms with Crippen LogP contribution < -0.4 is 10.6 Å². The first-order chi connectivity index (χ1) is 12.1. The van der Waals surface area contributed by atoms with Crippen LogP contribution in [0.1, 0.15) is 69.2 Å². The van der Waals surface area contributed by atoms with Crippen molar-refractivity contribution in [3.8, 4) is 0 Å². The van der Waals surface area contributed by atoms with Crippen LogP contribution in [0, 0.1) is 11.8 Å². The van der Waals surface area contributed by atoms with E-state index in [2.05, 4.69) is 38.3 Å². The van der Waals surface area contributed by atoms with Crippen molar-refractivity contribution < 1.29 is 19.1 Å². The number of amides is 2. The Kier molecular flexibility index (Phi) is 10.8. The van der Waals surface area contributed by atoms with Gasteiger partial charge in [-0.25, -0.2) is 0 Å². The van der Waals surface area contributed by atoms with E-state index in [9.17, 15) is 9.59 Å². The molecule has 0 bridgehead atoms. The van der Waals surface area contributed by atoms with Gasteiger partial charge in [0.2, 0.25) is 0 Å². The average molecular weight is 452 g/mol. The van der Waals surface area contributed by atoms with Crippen molar-refractivity contribution in [2.45, 2.75) is 103 Å². The maximum atomic E-state index is 12.1. The summed E-state index contributed by atoms with van der Waals surface area (Å²) in [6, 6.07) is 0.128. The normalized spacial score (nSPS) is 14.7. The summed E-state index contributed by atoms with van der Waals surface area (Å²) < 4.78 is 10.7. The van der Waals surface area contributed by atoms with E-state index in [1.54, 1.807) is 0 Å². The Morgan fingerprint density at radius 3 is 1.26 bits per heavy atom. The molecule has 27 heavy (non-hydrogen) atoms. The van der Waals surface area contributed by atoms with Crippen LogP contribution in [0.25, 0.3) is 0 Å². The minimum atomic E-state index is -0.503. The zero-order valence-corrected chi connectivity index (χ0v) is 20.5. The Bertz CT molecular complexity index is 426. The summed E-state index contributed by atoms with van der Waals surface area (Å²) >= 11 is 0.272. The third-order valence-electron chi connectivity index (χ3n) is 3.61. The van der Waals surface area contributed by atoms with Gasteiger partial charge < -0.3 is 0 Å². The van der Waals surface area contributed by atoms with Gasteiger partial charge in [-0.1, -0.05) is 0 Å². The SMILES string of the molecule is CC(C)[C@@H](C[Se]C[C@@H](NC(=O)OC(C)(C)C)C(C)C)NC(=O)OC(C)(C)C. The number of carbonyl (C=O) groups excluding carboxylic acids is 2. The number of hydrogen-bond acceptors (Lipinski definition) is 4. The predicted molar refractivity (Wildman–Crippen MR) is 111 cm³/mol. The minimum absolute atomic E-state index is 0.0641. The number of alkyl carbamates (subject to hydrolysis) is 2. The van der Waals surface area contributed by atoms with Gasteiger partial charge in [0.05, 0.1) is 0 Å². The van der Waals surface area contributed by atoms with Crippen LogP contribution in [0.4, 0.5) is 9.59 Å². The summed E-state index contributed by atoms with van der Waals surface area (Å²) in [5.74, 6) is 0.631. The molecule has 7 heteroatoms. The molecular formula is C20H40N2O4Se. The van der Waals surface area contributed by atoms with Crippen LogP contribution in [-0.2, 0) is 9.47 Å². The first-order valence-corrected chi connectivity index (χ1v) is 12.1. The molecule has 2 amide bonds. The zero-order chi connectivity index (χ0) is 21.4. The molecule has 6 nitrogen and oxygen atoms in total. The molecule has 0 fully saturated rings. The quantitative estimate of drug-likeness (QED) is 0.528. The van der Waals surface area contributed by atoms with Gasteiger partial charge in [0, 0.05) is 0 Å². The second-order valence-corrected chi connectivity index (χ2v) is 11.8. The average Bonchev–Trinajstić information content (AvgIpc) is 2.40. The Morgan fingerprint density at radius 2 is 1.04 bits per heavy atom. The zero-order valence-electron chi connectivity index (χ0n) is 18.8. The van der Waals surface area contributed by atoms with E-state index in [-0.39, 0.29) is 39.2 Å². The van der Waals surface area contributed by atoms with Crippen LogP contribution in [0.3, 0.4) is 0 Å². The third-order valence-corrected chi connectivity index (χ3v) is 6.10. The summed E-state index contributed by atoms with van der Waals surface area (Å²) in [6.45, 7) is 19.5. The standard InChI is InChI=1S/C20H40N2O4Se/c1-13(2)15(21-17(23)25-19(5,6)7)11-27-12-16(14(3)4)22-18(24)26-20(8,9)10/h13-16H,11-12H2,1-10H3,(H,21,23)(H,22,24)/t15-,16-/m1/s1. The third kappa shape index (κ3) is 13.8. The molecule has 0 aliphatic heterocycles. The number of carbonyl (C=O) groups is 2. The summed E-state index contributed by atoms with van der Waals surface area (Å²) in [6.07, 6.45) is -0.742. The van der Waals surface area contributed by atoms with Crippen molar-refractivity contribution in [2.24, 2.45) is 11.8 Å².